The fourth-order valence-corrected chi connectivity index (χ4v) is 1.74. The second kappa shape index (κ2) is 5.47. The Morgan fingerprint density at radius 1 is 1.33 bits per heavy atom. The van der Waals surface area contributed by atoms with Gasteiger partial charge in [0.25, 0.3) is 5.91 Å². The van der Waals surface area contributed by atoms with Gasteiger partial charge in [0.1, 0.15) is 11.6 Å². The predicted octanol–water partition coefficient (Wildman–Crippen LogP) is 2.39. The maximum absolute atomic E-state index is 13.2. The molecule has 0 aliphatic rings. The third-order valence-electron chi connectivity index (χ3n) is 2.63. The van der Waals surface area contributed by atoms with E-state index in [0.717, 1.165) is 0 Å². The maximum Gasteiger partial charge on any atom is 0.257 e. The summed E-state index contributed by atoms with van der Waals surface area (Å²) in [5.41, 5.74) is 6.13. The first-order chi connectivity index (χ1) is 9.76. The van der Waals surface area contributed by atoms with Gasteiger partial charge in [-0.3, -0.25) is 4.79 Å². The summed E-state index contributed by atoms with van der Waals surface area (Å²) in [4.78, 5) is 20.2. The number of hydrogen-bond acceptors (Lipinski definition) is 4. The van der Waals surface area contributed by atoms with Crippen molar-refractivity contribution in [2.75, 3.05) is 5.73 Å². The van der Waals surface area contributed by atoms with Crippen LogP contribution in [0, 0.1) is 5.82 Å². The van der Waals surface area contributed by atoms with Crippen molar-refractivity contribution in [3.8, 4) is 11.4 Å². The van der Waals surface area contributed by atoms with Crippen molar-refractivity contribution in [3.63, 3.8) is 0 Å². The van der Waals surface area contributed by atoms with E-state index < -0.39 is 0 Å². The van der Waals surface area contributed by atoms with Gasteiger partial charge in [0.15, 0.2) is 5.82 Å². The van der Waals surface area contributed by atoms with Crippen LogP contribution >= 0.6 is 0 Å². The summed E-state index contributed by atoms with van der Waals surface area (Å²) in [5.74, 6) is -0.389. The first-order valence-corrected chi connectivity index (χ1v) is 6.47. The number of nitrogen functional groups attached to an aromatic ring is 1. The van der Waals surface area contributed by atoms with Crippen LogP contribution in [0.5, 0.6) is 0 Å². The Hall–Kier alpha value is -2.50. The van der Waals surface area contributed by atoms with Crippen molar-refractivity contribution in [2.45, 2.75) is 26.3 Å². The lowest BCUT2D eigenvalue weighted by molar-refractivity contribution is 0.0920. The van der Waals surface area contributed by atoms with Crippen molar-refractivity contribution in [1.29, 1.82) is 0 Å². The van der Waals surface area contributed by atoms with Crippen LogP contribution in [0.2, 0.25) is 0 Å². The van der Waals surface area contributed by atoms with Gasteiger partial charge in [-0.1, -0.05) is 12.1 Å². The molecule has 1 heterocycles. The Balaban J connectivity index is 2.32. The van der Waals surface area contributed by atoms with E-state index in [1.54, 1.807) is 12.1 Å². The average molecular weight is 288 g/mol. The van der Waals surface area contributed by atoms with Crippen molar-refractivity contribution in [2.24, 2.45) is 0 Å². The Labute approximate surface area is 122 Å². The predicted molar refractivity (Wildman–Crippen MR) is 79.1 cm³/mol. The lowest BCUT2D eigenvalue weighted by Crippen LogP contribution is -2.41. The van der Waals surface area contributed by atoms with E-state index in [2.05, 4.69) is 15.3 Å². The third-order valence-corrected chi connectivity index (χ3v) is 2.63. The van der Waals surface area contributed by atoms with Gasteiger partial charge >= 0.3 is 0 Å². The highest BCUT2D eigenvalue weighted by Crippen LogP contribution is 2.18. The van der Waals surface area contributed by atoms with Crippen LogP contribution in [0.3, 0.4) is 0 Å². The number of nitrogens with one attached hydrogen (secondary N) is 1. The average Bonchev–Trinajstić information content (AvgIpc) is 2.36. The summed E-state index contributed by atoms with van der Waals surface area (Å²) in [6.07, 6.45) is 1.35. The quantitative estimate of drug-likeness (QED) is 0.889. The second-order valence-corrected chi connectivity index (χ2v) is 5.71. The number of aromatic nitrogens is 2. The normalized spacial score (nSPS) is 11.2. The molecule has 110 valence electrons. The number of anilines is 1. The molecule has 0 aliphatic carbocycles. The maximum atomic E-state index is 13.2. The molecular weight excluding hydrogens is 271 g/mol. The minimum absolute atomic E-state index is 0.0611. The summed E-state index contributed by atoms with van der Waals surface area (Å²) in [7, 11) is 0. The Morgan fingerprint density at radius 2 is 2.05 bits per heavy atom. The Kier molecular flexibility index (Phi) is 3.88. The first-order valence-electron chi connectivity index (χ1n) is 6.47. The molecule has 1 aromatic heterocycles. The van der Waals surface area contributed by atoms with E-state index in [1.165, 1.54) is 18.3 Å². The van der Waals surface area contributed by atoms with Gasteiger partial charge < -0.3 is 11.1 Å². The smallest absolute Gasteiger partial charge is 0.257 e. The SMILES string of the molecule is CC(C)(C)NC(=O)c1cnc(-c2cccc(F)c2)nc1N. The van der Waals surface area contributed by atoms with Crippen LogP contribution in [0.1, 0.15) is 31.1 Å². The minimum atomic E-state index is -0.385. The van der Waals surface area contributed by atoms with Gasteiger partial charge in [-0.05, 0) is 32.9 Å². The fraction of sp³-hybridized carbons (Fsp3) is 0.267. The van der Waals surface area contributed by atoms with E-state index in [9.17, 15) is 9.18 Å². The van der Waals surface area contributed by atoms with E-state index in [1.807, 2.05) is 20.8 Å². The van der Waals surface area contributed by atoms with Gasteiger partial charge in [0, 0.05) is 17.3 Å². The number of benzene rings is 1. The van der Waals surface area contributed by atoms with Crippen LogP contribution in [-0.4, -0.2) is 21.4 Å². The summed E-state index contributed by atoms with van der Waals surface area (Å²) in [6.45, 7) is 5.59. The molecule has 0 spiro atoms. The number of carbonyl (C=O) groups is 1. The number of nitrogens with two attached hydrogens (primary N) is 1. The van der Waals surface area contributed by atoms with Crippen molar-refractivity contribution < 1.29 is 9.18 Å². The van der Waals surface area contributed by atoms with Crippen molar-refractivity contribution >= 4 is 11.7 Å². The van der Waals surface area contributed by atoms with E-state index in [4.69, 9.17) is 5.73 Å². The van der Waals surface area contributed by atoms with Crippen LogP contribution in [0.4, 0.5) is 10.2 Å². The topological polar surface area (TPSA) is 80.9 Å². The van der Waals surface area contributed by atoms with Gasteiger partial charge in [-0.2, -0.15) is 0 Å². The van der Waals surface area contributed by atoms with Crippen LogP contribution < -0.4 is 11.1 Å². The van der Waals surface area contributed by atoms with Crippen molar-refractivity contribution in [1.82, 2.24) is 15.3 Å². The molecule has 3 N–H and O–H groups in total. The molecule has 2 rings (SSSR count). The summed E-state index contributed by atoms with van der Waals surface area (Å²) in [5, 5.41) is 2.79. The number of amides is 1. The molecule has 0 fully saturated rings. The molecule has 0 saturated heterocycles. The van der Waals surface area contributed by atoms with Gasteiger partial charge in [0.05, 0.1) is 5.56 Å². The zero-order chi connectivity index (χ0) is 15.6. The Morgan fingerprint density at radius 3 is 2.62 bits per heavy atom. The zero-order valence-electron chi connectivity index (χ0n) is 12.1. The van der Waals surface area contributed by atoms with Gasteiger partial charge in [0.2, 0.25) is 0 Å². The molecule has 0 aliphatic heterocycles. The number of rotatable bonds is 2. The molecule has 0 saturated carbocycles. The molecule has 21 heavy (non-hydrogen) atoms. The van der Waals surface area contributed by atoms with E-state index in [-0.39, 0.29) is 34.5 Å². The van der Waals surface area contributed by atoms with Gasteiger partial charge in [-0.15, -0.1) is 0 Å². The summed E-state index contributed by atoms with van der Waals surface area (Å²) in [6, 6.07) is 5.87. The van der Waals surface area contributed by atoms with E-state index in [0.29, 0.717) is 5.56 Å². The highest BCUT2D eigenvalue weighted by molar-refractivity contribution is 5.98. The largest absolute Gasteiger partial charge is 0.383 e. The molecule has 0 unspecified atom stereocenters. The number of carbonyl (C=O) groups excluding carboxylic acids is 1. The number of halogens is 1. The molecule has 0 atom stereocenters. The minimum Gasteiger partial charge on any atom is -0.383 e. The number of hydrogen-bond donors (Lipinski definition) is 2. The van der Waals surface area contributed by atoms with Crippen LogP contribution in [0.15, 0.2) is 30.5 Å². The van der Waals surface area contributed by atoms with E-state index >= 15 is 0 Å². The highest BCUT2D eigenvalue weighted by atomic mass is 19.1. The standard InChI is InChI=1S/C15H17FN4O/c1-15(2,3)20-14(21)11-8-18-13(19-12(11)17)9-5-4-6-10(16)7-9/h4-8H,1-3H3,(H,20,21)(H2,17,18,19). The third kappa shape index (κ3) is 3.75. The molecule has 0 bridgehead atoms. The Bertz CT molecular complexity index is 680. The second-order valence-electron chi connectivity index (χ2n) is 5.71. The lowest BCUT2D eigenvalue weighted by atomic mass is 10.1. The van der Waals surface area contributed by atoms with Gasteiger partial charge in [-0.25, -0.2) is 14.4 Å². The lowest BCUT2D eigenvalue weighted by Gasteiger charge is -2.20. The monoisotopic (exact) mass is 288 g/mol. The van der Waals surface area contributed by atoms with Crippen LogP contribution in [0.25, 0.3) is 11.4 Å². The molecule has 5 nitrogen and oxygen atoms in total. The molecule has 1 aromatic carbocycles. The highest BCUT2D eigenvalue weighted by Gasteiger charge is 2.19. The zero-order valence-corrected chi connectivity index (χ0v) is 12.1. The molecular formula is C15H17FN4O. The molecule has 0 radical (unpaired) electrons. The molecule has 6 heteroatoms. The first kappa shape index (κ1) is 14.9. The molecule has 1 amide bonds. The summed E-state index contributed by atoms with van der Waals surface area (Å²) < 4.78 is 13.2. The molecule has 2 aromatic rings. The van der Waals surface area contributed by atoms with Crippen molar-refractivity contribution in [3.05, 3.63) is 41.8 Å². The number of nitrogens with zero attached hydrogens (tertiary/aromatic N) is 2. The summed E-state index contributed by atoms with van der Waals surface area (Å²) >= 11 is 0. The van der Waals surface area contributed by atoms with Crippen LogP contribution in [-0.2, 0) is 0 Å². The fourth-order valence-electron chi connectivity index (χ4n) is 1.74.